The summed E-state index contributed by atoms with van der Waals surface area (Å²) >= 11 is 0. The minimum atomic E-state index is -0.537. The normalized spacial score (nSPS) is 35.9. The Morgan fingerprint density at radius 2 is 1.60 bits per heavy atom. The summed E-state index contributed by atoms with van der Waals surface area (Å²) in [6, 6.07) is 11.1. The zero-order valence-electron chi connectivity index (χ0n) is 33.4. The van der Waals surface area contributed by atoms with Gasteiger partial charge in [0, 0.05) is 24.2 Å². The third-order valence-corrected chi connectivity index (χ3v) is 16.2. The number of amides is 2. The van der Waals surface area contributed by atoms with Gasteiger partial charge in [0.25, 0.3) is 5.91 Å². The predicted molar refractivity (Wildman–Crippen MR) is 205 cm³/mol. The van der Waals surface area contributed by atoms with Gasteiger partial charge in [-0.3, -0.25) is 9.59 Å². The molecule has 0 aromatic heterocycles. The number of halogens is 1. The molecule has 3 N–H and O–H groups in total. The highest BCUT2D eigenvalue weighted by Gasteiger charge is 2.69. The number of aliphatic hydroxyl groups excluding tert-OH is 1. The first kappa shape index (κ1) is 39.4. The summed E-state index contributed by atoms with van der Waals surface area (Å²) in [4.78, 5) is 39.5. The molecule has 0 bridgehead atoms. The summed E-state index contributed by atoms with van der Waals surface area (Å²) in [5, 5.41) is 17.1. The van der Waals surface area contributed by atoms with Crippen molar-refractivity contribution in [3.8, 4) is 0 Å². The van der Waals surface area contributed by atoms with E-state index >= 15 is 4.39 Å². The van der Waals surface area contributed by atoms with Crippen molar-refractivity contribution in [1.82, 2.24) is 10.6 Å². The minimum Gasteiger partial charge on any atom is -0.465 e. The van der Waals surface area contributed by atoms with E-state index in [1.165, 1.54) is 38.2 Å². The molecule has 8 heteroatoms. The van der Waals surface area contributed by atoms with Crippen molar-refractivity contribution in [2.45, 2.75) is 132 Å². The number of fused-ring (bicyclic) bond motifs is 5. The fraction of sp³-hybridized carbons (Fsp3) is 0.667. The van der Waals surface area contributed by atoms with Crippen LogP contribution in [0.25, 0.3) is 0 Å². The number of carbonyl (C=O) groups is 3. The van der Waals surface area contributed by atoms with Crippen molar-refractivity contribution in [3.63, 3.8) is 0 Å². The smallest absolute Gasteiger partial charge is 0.337 e. The molecule has 2 aromatic carbocycles. The first-order chi connectivity index (χ1) is 25.0. The number of benzene rings is 2. The molecule has 290 valence electrons. The van der Waals surface area contributed by atoms with Crippen LogP contribution in [-0.4, -0.2) is 36.1 Å². The fourth-order valence-corrected chi connectivity index (χ4v) is 13.0. The molecule has 4 aliphatic rings. The van der Waals surface area contributed by atoms with Crippen molar-refractivity contribution < 1.29 is 28.6 Å². The van der Waals surface area contributed by atoms with Crippen LogP contribution in [0.3, 0.4) is 0 Å². The molecule has 7 nitrogen and oxygen atoms in total. The van der Waals surface area contributed by atoms with Gasteiger partial charge in [0.05, 0.1) is 24.2 Å². The second-order valence-electron chi connectivity index (χ2n) is 18.6. The summed E-state index contributed by atoms with van der Waals surface area (Å²) in [7, 11) is 1.32. The molecular weight excluding hydrogens is 668 g/mol. The summed E-state index contributed by atoms with van der Waals surface area (Å²) in [6.07, 6.45) is 9.83. The molecule has 0 spiro atoms. The summed E-state index contributed by atoms with van der Waals surface area (Å²) in [5.41, 5.74) is 1.56. The Kier molecular flexibility index (Phi) is 10.7. The van der Waals surface area contributed by atoms with Gasteiger partial charge in [0.2, 0.25) is 5.91 Å². The number of hydrogen-bond acceptors (Lipinski definition) is 5. The van der Waals surface area contributed by atoms with Gasteiger partial charge in [-0.25, -0.2) is 9.18 Å². The topological polar surface area (TPSA) is 105 Å². The van der Waals surface area contributed by atoms with Crippen molar-refractivity contribution in [2.24, 2.45) is 50.7 Å². The molecule has 4 fully saturated rings. The number of ether oxygens (including phenoxy) is 1. The Morgan fingerprint density at radius 1 is 0.849 bits per heavy atom. The molecule has 4 saturated carbocycles. The summed E-state index contributed by atoms with van der Waals surface area (Å²) in [5.74, 6) is 0.406. The van der Waals surface area contributed by atoms with E-state index in [-0.39, 0.29) is 64.1 Å². The molecule has 0 radical (unpaired) electrons. The second kappa shape index (κ2) is 14.4. The first-order valence-corrected chi connectivity index (χ1v) is 20.2. The fourth-order valence-electron chi connectivity index (χ4n) is 13.0. The standard InChI is InChI=1S/C45H63FN2O5/c1-9-19-45(40(52)48-27-32-25-30(13-15-34(32)46)38(50)47-26-29-11-10-12-31(24-29)39(51)53-8)23-22-43(6)33(28(45)2)14-16-36-42(5)20-18-37(49)41(3,4)35(42)17-21-44(36,43)7/h10-13,15,24-25,28,33,35-37,49H,9,14,16-23,26-27H2,1-8H3,(H,47,50)(H,48,52)/t28?,33?,35?,36?,37?,42?,43-,44?,45?/m1/s1. The van der Waals surface area contributed by atoms with Crippen LogP contribution in [0.15, 0.2) is 42.5 Å². The molecule has 9 atom stereocenters. The predicted octanol–water partition coefficient (Wildman–Crippen LogP) is 9.01. The van der Waals surface area contributed by atoms with Gasteiger partial charge in [-0.15, -0.1) is 0 Å². The van der Waals surface area contributed by atoms with Crippen LogP contribution in [0, 0.1) is 56.6 Å². The quantitative estimate of drug-likeness (QED) is 0.224. The van der Waals surface area contributed by atoms with E-state index in [0.29, 0.717) is 28.9 Å². The van der Waals surface area contributed by atoms with E-state index < -0.39 is 17.2 Å². The van der Waals surface area contributed by atoms with E-state index in [1.807, 2.05) is 0 Å². The maximum Gasteiger partial charge on any atom is 0.337 e. The maximum atomic E-state index is 15.2. The van der Waals surface area contributed by atoms with Gasteiger partial charge in [0.1, 0.15) is 5.82 Å². The Morgan fingerprint density at radius 3 is 2.32 bits per heavy atom. The lowest BCUT2D eigenvalue weighted by atomic mass is 9.32. The van der Waals surface area contributed by atoms with Crippen LogP contribution in [-0.2, 0) is 22.6 Å². The molecule has 8 unspecified atom stereocenters. The lowest BCUT2D eigenvalue weighted by Crippen LogP contribution is -2.67. The van der Waals surface area contributed by atoms with E-state index in [2.05, 4.69) is 59.1 Å². The highest BCUT2D eigenvalue weighted by Crippen LogP contribution is 2.75. The Bertz CT molecular complexity index is 1730. The lowest BCUT2D eigenvalue weighted by molar-refractivity contribution is -0.246. The molecule has 0 heterocycles. The number of esters is 1. The van der Waals surface area contributed by atoms with E-state index in [0.717, 1.165) is 56.9 Å². The van der Waals surface area contributed by atoms with Gasteiger partial charge in [0.15, 0.2) is 0 Å². The SMILES string of the molecule is CCCC1(C(=O)NCc2cc(C(=O)NCc3cccc(C(=O)OC)c3)ccc2F)CC[C@]2(C)C(CCC3C4(C)CCC(O)C(C)(C)C4CCC32C)C1C. The van der Waals surface area contributed by atoms with E-state index in [1.54, 1.807) is 24.3 Å². The van der Waals surface area contributed by atoms with Crippen LogP contribution < -0.4 is 10.6 Å². The van der Waals surface area contributed by atoms with Gasteiger partial charge in [-0.1, -0.05) is 67.0 Å². The molecule has 2 aromatic rings. The van der Waals surface area contributed by atoms with Crippen molar-refractivity contribution in [2.75, 3.05) is 7.11 Å². The van der Waals surface area contributed by atoms with Crippen molar-refractivity contribution in [1.29, 1.82) is 0 Å². The average Bonchev–Trinajstić information content (AvgIpc) is 3.13. The number of carbonyl (C=O) groups excluding carboxylic acids is 3. The van der Waals surface area contributed by atoms with E-state index in [9.17, 15) is 19.5 Å². The molecule has 0 aliphatic heterocycles. The number of nitrogens with one attached hydrogen (secondary N) is 2. The monoisotopic (exact) mass is 730 g/mol. The lowest BCUT2D eigenvalue weighted by Gasteiger charge is -2.72. The number of rotatable bonds is 9. The van der Waals surface area contributed by atoms with Crippen LogP contribution in [0.1, 0.15) is 145 Å². The Labute approximate surface area is 316 Å². The maximum absolute atomic E-state index is 15.2. The van der Waals surface area contributed by atoms with Crippen LogP contribution in [0.2, 0.25) is 0 Å². The summed E-state index contributed by atoms with van der Waals surface area (Å²) < 4.78 is 20.0. The summed E-state index contributed by atoms with van der Waals surface area (Å²) in [6.45, 7) is 16.9. The van der Waals surface area contributed by atoms with Crippen molar-refractivity contribution in [3.05, 3.63) is 70.5 Å². The Hall–Kier alpha value is -3.26. The number of hydrogen-bond donors (Lipinski definition) is 3. The second-order valence-corrected chi connectivity index (χ2v) is 18.6. The van der Waals surface area contributed by atoms with Crippen LogP contribution >= 0.6 is 0 Å². The van der Waals surface area contributed by atoms with E-state index in [4.69, 9.17) is 4.74 Å². The number of aliphatic hydroxyl groups is 1. The minimum absolute atomic E-state index is 0.000364. The molecule has 2 amide bonds. The van der Waals surface area contributed by atoms with Crippen molar-refractivity contribution >= 4 is 17.8 Å². The largest absolute Gasteiger partial charge is 0.465 e. The highest BCUT2D eigenvalue weighted by molar-refractivity contribution is 5.94. The van der Waals surface area contributed by atoms with Gasteiger partial charge in [-0.2, -0.15) is 0 Å². The van der Waals surface area contributed by atoms with Crippen LogP contribution in [0.4, 0.5) is 4.39 Å². The molecule has 53 heavy (non-hydrogen) atoms. The molecule has 6 rings (SSSR count). The third kappa shape index (κ3) is 6.42. The van der Waals surface area contributed by atoms with Gasteiger partial charge in [-0.05, 0) is 139 Å². The molecule has 0 saturated heterocycles. The highest BCUT2D eigenvalue weighted by atomic mass is 19.1. The zero-order valence-corrected chi connectivity index (χ0v) is 33.4. The first-order valence-electron chi connectivity index (χ1n) is 20.2. The average molecular weight is 731 g/mol. The zero-order chi connectivity index (χ0) is 38.6. The van der Waals surface area contributed by atoms with Gasteiger partial charge < -0.3 is 20.5 Å². The van der Waals surface area contributed by atoms with Crippen LogP contribution in [0.5, 0.6) is 0 Å². The van der Waals surface area contributed by atoms with Gasteiger partial charge >= 0.3 is 5.97 Å². The third-order valence-electron chi connectivity index (χ3n) is 16.2. The molecular formula is C45H63FN2O5. The Balaban J connectivity index is 1.16. The molecule has 4 aliphatic carbocycles. The number of methoxy groups -OCH3 is 1.